The maximum absolute atomic E-state index is 12.7. The zero-order valence-electron chi connectivity index (χ0n) is 13.0. The molecule has 2 aromatic rings. The highest BCUT2D eigenvalue weighted by Gasteiger charge is 2.27. The summed E-state index contributed by atoms with van der Waals surface area (Å²) < 4.78 is 0. The van der Waals surface area contributed by atoms with Crippen LogP contribution in [0.2, 0.25) is 5.02 Å². The van der Waals surface area contributed by atoms with E-state index in [1.165, 1.54) is 11.3 Å². The molecule has 1 amide bonds. The fourth-order valence-electron chi connectivity index (χ4n) is 2.76. The van der Waals surface area contributed by atoms with Gasteiger partial charge in [-0.3, -0.25) is 4.79 Å². The van der Waals surface area contributed by atoms with E-state index in [2.05, 4.69) is 4.98 Å². The molecule has 1 aromatic heterocycles. The van der Waals surface area contributed by atoms with Crippen LogP contribution in [0.1, 0.15) is 29.8 Å². The van der Waals surface area contributed by atoms with Crippen molar-refractivity contribution in [2.75, 3.05) is 13.1 Å². The Morgan fingerprint density at radius 2 is 2.00 bits per heavy atom. The molecule has 0 spiro atoms. The number of piperidine rings is 1. The summed E-state index contributed by atoms with van der Waals surface area (Å²) in [6, 6.07) is 7.63. The predicted octanol–water partition coefficient (Wildman–Crippen LogP) is 4.26. The first-order valence-corrected chi connectivity index (χ1v) is 8.67. The van der Waals surface area contributed by atoms with Crippen molar-refractivity contribution in [3.8, 4) is 10.6 Å². The number of hydrogen-bond acceptors (Lipinski definition) is 4. The van der Waals surface area contributed by atoms with Gasteiger partial charge in [-0.15, -0.1) is 36.2 Å². The van der Waals surface area contributed by atoms with Crippen LogP contribution >= 0.6 is 47.8 Å². The number of benzene rings is 1. The van der Waals surface area contributed by atoms with Crippen LogP contribution in [0.3, 0.4) is 0 Å². The first-order valence-electron chi connectivity index (χ1n) is 7.41. The van der Waals surface area contributed by atoms with Crippen LogP contribution in [0, 0.1) is 0 Å². The third kappa shape index (κ3) is 4.61. The van der Waals surface area contributed by atoms with Crippen LogP contribution < -0.4 is 5.73 Å². The number of nitrogens with zero attached hydrogens (tertiary/aromatic N) is 2. The van der Waals surface area contributed by atoms with Crippen LogP contribution in [-0.4, -0.2) is 34.9 Å². The lowest BCUT2D eigenvalue weighted by atomic mass is 10.0. The largest absolute Gasteiger partial charge is 0.333 e. The standard InChI is InChI=1S/C16H18ClN3OS.2ClH/c17-12-6-4-11(5-7-12)15-19-14(10-22-15)16(21)20-8-2-1-3-13(20)9-18;;/h4-7,10,13H,1-3,8-9,18H2;2*1H. The SMILES string of the molecule is Cl.Cl.NCC1CCCCN1C(=O)c1csc(-c2ccc(Cl)cc2)n1. The van der Waals surface area contributed by atoms with Gasteiger partial charge in [-0.2, -0.15) is 0 Å². The number of rotatable bonds is 3. The molecular weight excluding hydrogens is 389 g/mol. The lowest BCUT2D eigenvalue weighted by Crippen LogP contribution is -2.47. The van der Waals surface area contributed by atoms with E-state index in [-0.39, 0.29) is 36.8 Å². The van der Waals surface area contributed by atoms with Gasteiger partial charge in [-0.25, -0.2) is 4.98 Å². The summed E-state index contributed by atoms with van der Waals surface area (Å²) in [5.41, 5.74) is 7.28. The van der Waals surface area contributed by atoms with Gasteiger partial charge in [0.2, 0.25) is 0 Å². The Kier molecular flexibility index (Phi) is 8.46. The van der Waals surface area contributed by atoms with Gasteiger partial charge in [0, 0.05) is 35.1 Å². The highest BCUT2D eigenvalue weighted by Crippen LogP contribution is 2.26. The quantitative estimate of drug-likeness (QED) is 0.825. The fraction of sp³-hybridized carbons (Fsp3) is 0.375. The average Bonchev–Trinajstić information content (AvgIpc) is 3.05. The lowest BCUT2D eigenvalue weighted by Gasteiger charge is -2.34. The van der Waals surface area contributed by atoms with Crippen molar-refractivity contribution in [1.82, 2.24) is 9.88 Å². The average molecular weight is 409 g/mol. The number of halogens is 3. The van der Waals surface area contributed by atoms with E-state index in [1.54, 1.807) is 0 Å². The minimum absolute atomic E-state index is 0. The van der Waals surface area contributed by atoms with Gasteiger partial charge >= 0.3 is 0 Å². The number of hydrogen-bond donors (Lipinski definition) is 1. The number of likely N-dealkylation sites (tertiary alicyclic amines) is 1. The summed E-state index contributed by atoms with van der Waals surface area (Å²) in [7, 11) is 0. The van der Waals surface area contributed by atoms with E-state index in [0.29, 0.717) is 17.3 Å². The van der Waals surface area contributed by atoms with Crippen LogP contribution in [0.4, 0.5) is 0 Å². The number of nitrogens with two attached hydrogens (primary N) is 1. The molecule has 1 aliphatic heterocycles. The van der Waals surface area contributed by atoms with Gasteiger partial charge in [0.05, 0.1) is 0 Å². The molecule has 0 aliphatic carbocycles. The smallest absolute Gasteiger partial charge is 0.273 e. The summed E-state index contributed by atoms with van der Waals surface area (Å²) >= 11 is 7.38. The van der Waals surface area contributed by atoms with Crippen molar-refractivity contribution in [2.24, 2.45) is 5.73 Å². The Bertz CT molecular complexity index is 663. The zero-order valence-corrected chi connectivity index (χ0v) is 16.2. The predicted molar refractivity (Wildman–Crippen MR) is 105 cm³/mol. The molecule has 1 aromatic carbocycles. The highest BCUT2D eigenvalue weighted by molar-refractivity contribution is 7.13. The second-order valence-corrected chi connectivity index (χ2v) is 6.72. The monoisotopic (exact) mass is 407 g/mol. The molecular formula is C16H20Cl3N3OS. The normalized spacial score (nSPS) is 16.9. The van der Waals surface area contributed by atoms with Crippen molar-refractivity contribution in [3.63, 3.8) is 0 Å². The van der Waals surface area contributed by atoms with Gasteiger partial charge in [-0.1, -0.05) is 23.7 Å². The van der Waals surface area contributed by atoms with E-state index in [9.17, 15) is 4.79 Å². The third-order valence-corrected chi connectivity index (χ3v) is 5.12. The van der Waals surface area contributed by atoms with E-state index in [4.69, 9.17) is 17.3 Å². The van der Waals surface area contributed by atoms with Gasteiger partial charge < -0.3 is 10.6 Å². The number of carbonyl (C=O) groups is 1. The van der Waals surface area contributed by atoms with Crippen molar-refractivity contribution in [3.05, 3.63) is 40.4 Å². The molecule has 8 heteroatoms. The van der Waals surface area contributed by atoms with E-state index in [0.717, 1.165) is 36.4 Å². The maximum Gasteiger partial charge on any atom is 0.273 e. The Balaban J connectivity index is 0.00000144. The van der Waals surface area contributed by atoms with Crippen LogP contribution in [0.25, 0.3) is 10.6 Å². The molecule has 132 valence electrons. The van der Waals surface area contributed by atoms with Gasteiger partial charge in [0.15, 0.2) is 0 Å². The molecule has 24 heavy (non-hydrogen) atoms. The lowest BCUT2D eigenvalue weighted by molar-refractivity contribution is 0.0618. The van der Waals surface area contributed by atoms with Crippen molar-refractivity contribution in [2.45, 2.75) is 25.3 Å². The third-order valence-electron chi connectivity index (χ3n) is 3.97. The number of aromatic nitrogens is 1. The summed E-state index contributed by atoms with van der Waals surface area (Å²) in [6.45, 7) is 1.29. The zero-order chi connectivity index (χ0) is 15.5. The van der Waals surface area contributed by atoms with E-state index >= 15 is 0 Å². The summed E-state index contributed by atoms with van der Waals surface area (Å²) in [4.78, 5) is 19.0. The minimum atomic E-state index is -0.00777. The van der Waals surface area contributed by atoms with Crippen molar-refractivity contribution < 1.29 is 4.79 Å². The molecule has 1 fully saturated rings. The molecule has 1 saturated heterocycles. The first kappa shape index (κ1) is 21.2. The maximum atomic E-state index is 12.7. The van der Waals surface area contributed by atoms with Crippen LogP contribution in [0.5, 0.6) is 0 Å². The Labute approximate surface area is 163 Å². The topological polar surface area (TPSA) is 59.2 Å². The molecule has 0 saturated carbocycles. The first-order chi connectivity index (χ1) is 10.7. The molecule has 1 aliphatic rings. The Hall–Kier alpha value is -0.850. The van der Waals surface area contributed by atoms with Gasteiger partial charge in [0.1, 0.15) is 10.7 Å². The molecule has 2 N–H and O–H groups in total. The van der Waals surface area contributed by atoms with Crippen molar-refractivity contribution in [1.29, 1.82) is 0 Å². The highest BCUT2D eigenvalue weighted by atomic mass is 35.5. The molecule has 1 atom stereocenters. The van der Waals surface area contributed by atoms with Gasteiger partial charge in [-0.05, 0) is 31.4 Å². The summed E-state index contributed by atoms with van der Waals surface area (Å²) in [5.74, 6) is -0.00777. The summed E-state index contributed by atoms with van der Waals surface area (Å²) in [5, 5.41) is 3.35. The molecule has 2 heterocycles. The Morgan fingerprint density at radius 1 is 1.29 bits per heavy atom. The van der Waals surface area contributed by atoms with E-state index in [1.807, 2.05) is 34.5 Å². The molecule has 0 bridgehead atoms. The molecule has 4 nitrogen and oxygen atoms in total. The molecule has 3 rings (SSSR count). The minimum Gasteiger partial charge on any atom is -0.333 e. The second kappa shape index (κ2) is 9.59. The van der Waals surface area contributed by atoms with Crippen molar-refractivity contribution >= 4 is 53.7 Å². The number of thiazole rings is 1. The summed E-state index contributed by atoms with van der Waals surface area (Å²) in [6.07, 6.45) is 3.16. The molecule has 1 unspecified atom stereocenters. The molecule has 0 radical (unpaired) electrons. The van der Waals surface area contributed by atoms with Gasteiger partial charge in [0.25, 0.3) is 5.91 Å². The fourth-order valence-corrected chi connectivity index (χ4v) is 3.68. The number of carbonyl (C=O) groups excluding carboxylic acids is 1. The Morgan fingerprint density at radius 3 is 2.67 bits per heavy atom. The van der Waals surface area contributed by atoms with Crippen LogP contribution in [0.15, 0.2) is 29.6 Å². The number of amides is 1. The van der Waals surface area contributed by atoms with E-state index < -0.39 is 0 Å². The van der Waals surface area contributed by atoms with Crippen LogP contribution in [-0.2, 0) is 0 Å². The second-order valence-electron chi connectivity index (χ2n) is 5.43.